The molecule has 0 bridgehead atoms. The maximum atomic E-state index is 8.82. The van der Waals surface area contributed by atoms with Gasteiger partial charge in [-0.2, -0.15) is 0 Å². The van der Waals surface area contributed by atoms with Gasteiger partial charge >= 0.3 is 0 Å². The van der Waals surface area contributed by atoms with Crippen LogP contribution in [-0.2, 0) is 4.74 Å². The maximum absolute atomic E-state index is 8.82. The van der Waals surface area contributed by atoms with Gasteiger partial charge in [0.15, 0.2) is 6.29 Å². The molecule has 0 aliphatic carbocycles. The predicted molar refractivity (Wildman–Crippen MR) is 36.7 cm³/mol. The summed E-state index contributed by atoms with van der Waals surface area (Å²) in [6, 6.07) is 0. The number of ether oxygens (including phenoxy) is 1. The predicted octanol–water partition coefficient (Wildman–Crippen LogP) is -1.94. The van der Waals surface area contributed by atoms with Gasteiger partial charge in [0.1, 0.15) is 6.10 Å². The fourth-order valence-electron chi connectivity index (χ4n) is 0.439. The first-order valence-corrected chi connectivity index (χ1v) is 3.34. The highest BCUT2D eigenvalue weighted by Gasteiger charge is 2.15. The Kier molecular flexibility index (Phi) is 5.35. The first kappa shape index (κ1) is 10.8. The molecule has 0 aromatic carbocycles. The monoisotopic (exact) mass is 166 g/mol. The molecule has 0 fully saturated rings. The summed E-state index contributed by atoms with van der Waals surface area (Å²) in [4.78, 5) is 0. The summed E-state index contributed by atoms with van der Waals surface area (Å²) in [6.45, 7) is 0.844. The third-order valence-corrected chi connectivity index (χ3v) is 1.02. The van der Waals surface area contributed by atoms with E-state index in [9.17, 15) is 0 Å². The zero-order chi connectivity index (χ0) is 8.85. The smallest absolute Gasteiger partial charge is 0.183 e. The first-order valence-electron chi connectivity index (χ1n) is 3.34. The molecule has 68 valence electrons. The fraction of sp³-hybridized carbons (Fsp3) is 1.00. The molecule has 5 nitrogen and oxygen atoms in total. The Labute approximate surface area is 64.9 Å². The Morgan fingerprint density at radius 3 is 2.18 bits per heavy atom. The quantitative estimate of drug-likeness (QED) is 0.357. The number of rotatable bonds is 5. The molecular weight excluding hydrogens is 152 g/mol. The lowest BCUT2D eigenvalue weighted by Gasteiger charge is -2.16. The summed E-state index contributed by atoms with van der Waals surface area (Å²) in [5.74, 6) is 0. The van der Waals surface area contributed by atoms with Gasteiger partial charge in [-0.15, -0.1) is 0 Å². The maximum Gasteiger partial charge on any atom is 0.183 e. The molecule has 4 N–H and O–H groups in total. The molecule has 0 saturated carbocycles. The summed E-state index contributed by atoms with van der Waals surface area (Å²) < 4.78 is 4.55. The highest BCUT2D eigenvalue weighted by atomic mass is 16.6. The van der Waals surface area contributed by atoms with Gasteiger partial charge < -0.3 is 25.2 Å². The van der Waals surface area contributed by atoms with Crippen LogP contribution in [-0.4, -0.2) is 52.1 Å². The van der Waals surface area contributed by atoms with Crippen LogP contribution in [0.4, 0.5) is 0 Å². The van der Waals surface area contributed by atoms with E-state index in [2.05, 4.69) is 4.74 Å². The standard InChI is InChI=1S/C6H14O5/c1-4(8)3-11-6(10)5(9)2-7/h4-10H,2-3H2,1H3. The van der Waals surface area contributed by atoms with E-state index in [0.717, 1.165) is 0 Å². The van der Waals surface area contributed by atoms with E-state index >= 15 is 0 Å². The zero-order valence-corrected chi connectivity index (χ0v) is 6.34. The third kappa shape index (κ3) is 5.11. The molecule has 0 aromatic rings. The van der Waals surface area contributed by atoms with Crippen molar-refractivity contribution in [3.63, 3.8) is 0 Å². The molecule has 5 heteroatoms. The van der Waals surface area contributed by atoms with Crippen LogP contribution < -0.4 is 0 Å². The van der Waals surface area contributed by atoms with Crippen LogP contribution in [0, 0.1) is 0 Å². The van der Waals surface area contributed by atoms with Crippen LogP contribution in [0.15, 0.2) is 0 Å². The molecule has 0 amide bonds. The minimum Gasteiger partial charge on any atom is -0.393 e. The molecule has 0 rings (SSSR count). The van der Waals surface area contributed by atoms with Crippen molar-refractivity contribution >= 4 is 0 Å². The largest absolute Gasteiger partial charge is 0.393 e. The second kappa shape index (κ2) is 5.45. The van der Waals surface area contributed by atoms with Gasteiger partial charge in [-0.05, 0) is 6.92 Å². The van der Waals surface area contributed by atoms with Crippen molar-refractivity contribution in [3.8, 4) is 0 Å². The van der Waals surface area contributed by atoms with Crippen LogP contribution in [0.5, 0.6) is 0 Å². The molecule has 0 spiro atoms. The van der Waals surface area contributed by atoms with Crippen molar-refractivity contribution in [2.24, 2.45) is 0 Å². The highest BCUT2D eigenvalue weighted by Crippen LogP contribution is 1.95. The lowest BCUT2D eigenvalue weighted by molar-refractivity contribution is -0.181. The van der Waals surface area contributed by atoms with E-state index < -0.39 is 25.1 Å². The molecule has 0 saturated heterocycles. The van der Waals surface area contributed by atoms with Gasteiger partial charge in [0.05, 0.1) is 19.3 Å². The van der Waals surface area contributed by atoms with Gasteiger partial charge in [-0.25, -0.2) is 0 Å². The van der Waals surface area contributed by atoms with E-state index in [1.165, 1.54) is 6.92 Å². The summed E-state index contributed by atoms with van der Waals surface area (Å²) in [7, 11) is 0. The van der Waals surface area contributed by atoms with Gasteiger partial charge in [-0.3, -0.25) is 0 Å². The summed E-state index contributed by atoms with van der Waals surface area (Å²) in [5.41, 5.74) is 0. The normalized spacial score (nSPS) is 19.4. The van der Waals surface area contributed by atoms with Crippen molar-refractivity contribution in [1.82, 2.24) is 0 Å². The SMILES string of the molecule is CC(O)COC(O)C(O)CO. The average molecular weight is 166 g/mol. The summed E-state index contributed by atoms with van der Waals surface area (Å²) in [5, 5.41) is 34.5. The van der Waals surface area contributed by atoms with Crippen LogP contribution in [0.3, 0.4) is 0 Å². The number of aliphatic hydroxyl groups is 4. The third-order valence-electron chi connectivity index (χ3n) is 1.02. The molecule has 3 atom stereocenters. The van der Waals surface area contributed by atoms with E-state index in [1.54, 1.807) is 0 Å². The molecular formula is C6H14O5. The Balaban J connectivity index is 3.43. The van der Waals surface area contributed by atoms with Crippen LogP contribution in [0.1, 0.15) is 6.92 Å². The molecule has 0 aliphatic rings. The average Bonchev–Trinajstić information content (AvgIpc) is 1.98. The molecule has 0 aromatic heterocycles. The Hall–Kier alpha value is -0.200. The van der Waals surface area contributed by atoms with Crippen molar-refractivity contribution in [3.05, 3.63) is 0 Å². The van der Waals surface area contributed by atoms with Gasteiger partial charge in [0.2, 0.25) is 0 Å². The van der Waals surface area contributed by atoms with Gasteiger partial charge in [-0.1, -0.05) is 0 Å². The molecule has 0 aliphatic heterocycles. The topological polar surface area (TPSA) is 90.2 Å². The first-order chi connectivity index (χ1) is 5.07. The zero-order valence-electron chi connectivity index (χ0n) is 6.34. The lowest BCUT2D eigenvalue weighted by Crippen LogP contribution is -2.33. The van der Waals surface area contributed by atoms with Crippen molar-refractivity contribution < 1.29 is 25.2 Å². The minimum atomic E-state index is -1.44. The summed E-state index contributed by atoms with van der Waals surface area (Å²) in [6.07, 6.45) is -3.45. The number of aliphatic hydroxyl groups excluding tert-OH is 4. The Morgan fingerprint density at radius 2 is 1.82 bits per heavy atom. The van der Waals surface area contributed by atoms with Gasteiger partial charge in [0, 0.05) is 0 Å². The van der Waals surface area contributed by atoms with Crippen molar-refractivity contribution in [2.45, 2.75) is 25.4 Å². The van der Waals surface area contributed by atoms with Crippen LogP contribution in [0.2, 0.25) is 0 Å². The number of hydrogen-bond acceptors (Lipinski definition) is 5. The lowest BCUT2D eigenvalue weighted by atomic mass is 10.3. The van der Waals surface area contributed by atoms with E-state index in [1.807, 2.05) is 0 Å². The van der Waals surface area contributed by atoms with Crippen molar-refractivity contribution in [2.75, 3.05) is 13.2 Å². The Morgan fingerprint density at radius 1 is 1.27 bits per heavy atom. The van der Waals surface area contributed by atoms with E-state index in [-0.39, 0.29) is 6.61 Å². The fourth-order valence-corrected chi connectivity index (χ4v) is 0.439. The number of hydrogen-bond donors (Lipinski definition) is 4. The second-order valence-corrected chi connectivity index (χ2v) is 2.32. The molecule has 0 heterocycles. The molecule has 3 unspecified atom stereocenters. The van der Waals surface area contributed by atoms with Crippen LogP contribution in [0.25, 0.3) is 0 Å². The van der Waals surface area contributed by atoms with Crippen molar-refractivity contribution in [1.29, 1.82) is 0 Å². The van der Waals surface area contributed by atoms with Crippen LogP contribution >= 0.6 is 0 Å². The molecule has 11 heavy (non-hydrogen) atoms. The minimum absolute atomic E-state index is 0.0712. The van der Waals surface area contributed by atoms with E-state index in [0.29, 0.717) is 0 Å². The second-order valence-electron chi connectivity index (χ2n) is 2.32. The molecule has 0 radical (unpaired) electrons. The summed E-state index contributed by atoms with van der Waals surface area (Å²) >= 11 is 0. The Bertz CT molecular complexity index is 95.0. The highest BCUT2D eigenvalue weighted by molar-refractivity contribution is 4.55. The van der Waals surface area contributed by atoms with E-state index in [4.69, 9.17) is 20.4 Å². The van der Waals surface area contributed by atoms with Gasteiger partial charge in [0.25, 0.3) is 0 Å².